The highest BCUT2D eigenvalue weighted by Gasteiger charge is 2.33. The van der Waals surface area contributed by atoms with Gasteiger partial charge in [-0.1, -0.05) is 37.6 Å². The highest BCUT2D eigenvalue weighted by Crippen LogP contribution is 2.40. The van der Waals surface area contributed by atoms with Crippen LogP contribution in [0.4, 0.5) is 11.8 Å². The maximum Gasteiger partial charge on any atom is 0.228 e. The molecular weight excluding hydrogens is 372 g/mol. The van der Waals surface area contributed by atoms with Gasteiger partial charge in [0.05, 0.1) is 17.3 Å². The van der Waals surface area contributed by atoms with Crippen LogP contribution < -0.4 is 10.2 Å². The maximum absolute atomic E-state index is 6.78. The van der Waals surface area contributed by atoms with Gasteiger partial charge in [-0.15, -0.1) is 0 Å². The van der Waals surface area contributed by atoms with Crippen molar-refractivity contribution >= 4 is 34.3 Å². The lowest BCUT2D eigenvalue weighted by Crippen LogP contribution is -2.25. The Bertz CT molecular complexity index is 996. The Kier molecular flexibility index (Phi) is 5.15. The third-order valence-electron chi connectivity index (χ3n) is 5.32. The van der Waals surface area contributed by atoms with E-state index in [0.29, 0.717) is 5.92 Å². The van der Waals surface area contributed by atoms with Crippen molar-refractivity contribution in [2.24, 2.45) is 5.92 Å². The van der Waals surface area contributed by atoms with E-state index in [1.165, 1.54) is 0 Å². The van der Waals surface area contributed by atoms with Gasteiger partial charge >= 0.3 is 0 Å². The van der Waals surface area contributed by atoms with E-state index in [2.05, 4.69) is 31.0 Å². The van der Waals surface area contributed by atoms with Gasteiger partial charge in [-0.3, -0.25) is 4.68 Å². The summed E-state index contributed by atoms with van der Waals surface area (Å²) >= 11 is 6.78. The molecule has 148 valence electrons. The highest BCUT2D eigenvalue weighted by atomic mass is 35.5. The molecule has 1 unspecified atom stereocenters. The number of fused-ring (bicyclic) bond motifs is 1. The van der Waals surface area contributed by atoms with Crippen molar-refractivity contribution in [2.75, 3.05) is 23.8 Å². The molecule has 0 amide bonds. The van der Waals surface area contributed by atoms with Gasteiger partial charge in [0.15, 0.2) is 0 Å². The molecule has 1 saturated heterocycles. The van der Waals surface area contributed by atoms with E-state index in [1.807, 2.05) is 36.0 Å². The van der Waals surface area contributed by atoms with Gasteiger partial charge in [0.2, 0.25) is 5.95 Å². The van der Waals surface area contributed by atoms with Gasteiger partial charge in [0.25, 0.3) is 0 Å². The average molecular weight is 399 g/mol. The Morgan fingerprint density at radius 3 is 2.79 bits per heavy atom. The summed E-state index contributed by atoms with van der Waals surface area (Å²) in [5, 5.41) is 9.71. The van der Waals surface area contributed by atoms with Crippen molar-refractivity contribution < 1.29 is 0 Å². The van der Waals surface area contributed by atoms with Crippen LogP contribution in [0.25, 0.3) is 10.9 Å². The number of rotatable bonds is 5. The second-order valence-corrected chi connectivity index (χ2v) is 8.21. The molecule has 1 fully saturated rings. The summed E-state index contributed by atoms with van der Waals surface area (Å²) < 4.78 is 1.94. The van der Waals surface area contributed by atoms with Crippen LogP contribution in [0.1, 0.15) is 44.0 Å². The molecule has 6 nitrogen and oxygen atoms in total. The van der Waals surface area contributed by atoms with Crippen molar-refractivity contribution in [3.63, 3.8) is 0 Å². The number of benzene rings is 1. The van der Waals surface area contributed by atoms with Crippen LogP contribution in [-0.2, 0) is 6.54 Å². The molecule has 7 heteroatoms. The minimum atomic E-state index is 0.152. The van der Waals surface area contributed by atoms with Gasteiger partial charge in [0, 0.05) is 31.1 Å². The zero-order valence-electron chi connectivity index (χ0n) is 16.9. The van der Waals surface area contributed by atoms with Crippen LogP contribution in [0.2, 0.25) is 5.15 Å². The molecule has 0 radical (unpaired) electrons. The molecule has 0 spiro atoms. The summed E-state index contributed by atoms with van der Waals surface area (Å²) in [6.07, 6.45) is 2.11. The lowest BCUT2D eigenvalue weighted by atomic mass is 10.1. The largest absolute Gasteiger partial charge is 0.372 e. The molecule has 0 saturated carbocycles. The predicted molar refractivity (Wildman–Crippen MR) is 115 cm³/mol. The Labute approximate surface area is 170 Å². The maximum atomic E-state index is 6.78. The van der Waals surface area contributed by atoms with Crippen molar-refractivity contribution in [3.05, 3.63) is 40.7 Å². The van der Waals surface area contributed by atoms with Gasteiger partial charge in [0.1, 0.15) is 11.0 Å². The monoisotopic (exact) mass is 398 g/mol. The van der Waals surface area contributed by atoms with E-state index in [4.69, 9.17) is 26.7 Å². The van der Waals surface area contributed by atoms with E-state index in [1.54, 1.807) is 0 Å². The summed E-state index contributed by atoms with van der Waals surface area (Å²) in [6, 6.07) is 8.25. The van der Waals surface area contributed by atoms with Crippen LogP contribution in [0.5, 0.6) is 0 Å². The van der Waals surface area contributed by atoms with E-state index >= 15 is 0 Å². The van der Waals surface area contributed by atoms with Gasteiger partial charge in [-0.25, -0.2) is 4.98 Å². The van der Waals surface area contributed by atoms with E-state index in [9.17, 15) is 0 Å². The summed E-state index contributed by atoms with van der Waals surface area (Å²) in [5.74, 6) is 2.09. The molecular formula is C21H27ClN6. The van der Waals surface area contributed by atoms with Crippen LogP contribution >= 0.6 is 11.6 Å². The summed E-state index contributed by atoms with van der Waals surface area (Å²) in [6.45, 7) is 8.14. The number of nitrogens with zero attached hydrogens (tertiary/aromatic N) is 5. The highest BCUT2D eigenvalue weighted by molar-refractivity contribution is 6.30. The first kappa shape index (κ1) is 19.0. The molecule has 0 bridgehead atoms. The summed E-state index contributed by atoms with van der Waals surface area (Å²) in [4.78, 5) is 12.0. The number of para-hydroxylation sites is 1. The second kappa shape index (κ2) is 7.59. The molecule has 28 heavy (non-hydrogen) atoms. The molecule has 1 atom stereocenters. The number of hydrogen-bond acceptors (Lipinski definition) is 5. The molecule has 1 aliphatic heterocycles. The Balaban J connectivity index is 1.76. The molecule has 1 aromatic carbocycles. The lowest BCUT2D eigenvalue weighted by Gasteiger charge is -2.25. The number of nitrogens with one attached hydrogen (secondary N) is 1. The Hall–Kier alpha value is -2.34. The molecule has 2 aromatic heterocycles. The fourth-order valence-electron chi connectivity index (χ4n) is 4.10. The van der Waals surface area contributed by atoms with E-state index in [0.717, 1.165) is 65.0 Å². The SMILES string of the molecule is CNc1nc(N2CCCC2c2c(C)nn(CC(C)C)c2Cl)nc2ccccc12. The van der Waals surface area contributed by atoms with Crippen molar-refractivity contribution in [2.45, 2.75) is 46.2 Å². The van der Waals surface area contributed by atoms with Gasteiger partial charge in [-0.05, 0) is 37.8 Å². The summed E-state index contributed by atoms with van der Waals surface area (Å²) in [7, 11) is 1.90. The average Bonchev–Trinajstić information content (AvgIpc) is 3.25. The first-order valence-corrected chi connectivity index (χ1v) is 10.3. The predicted octanol–water partition coefficient (Wildman–Crippen LogP) is 4.83. The quantitative estimate of drug-likeness (QED) is 0.667. The molecule has 3 heterocycles. The van der Waals surface area contributed by atoms with Gasteiger partial charge in [-0.2, -0.15) is 10.1 Å². The zero-order valence-corrected chi connectivity index (χ0v) is 17.7. The van der Waals surface area contributed by atoms with E-state index in [-0.39, 0.29) is 6.04 Å². The van der Waals surface area contributed by atoms with Crippen LogP contribution in [0.15, 0.2) is 24.3 Å². The molecule has 3 aromatic rings. The minimum absolute atomic E-state index is 0.152. The molecule has 1 aliphatic rings. The Morgan fingerprint density at radius 1 is 1.25 bits per heavy atom. The van der Waals surface area contributed by atoms with Crippen LogP contribution in [0.3, 0.4) is 0 Å². The minimum Gasteiger partial charge on any atom is -0.372 e. The third kappa shape index (κ3) is 3.30. The first-order valence-electron chi connectivity index (χ1n) is 9.93. The second-order valence-electron chi connectivity index (χ2n) is 7.86. The standard InChI is InChI=1S/C21H27ClN6/c1-13(2)12-28-19(22)18(14(3)26-28)17-10-7-11-27(17)21-24-16-9-6-5-8-15(16)20(23-4)25-21/h5-6,8-9,13,17H,7,10-12H2,1-4H3,(H,23,24,25). The first-order chi connectivity index (χ1) is 13.5. The number of aromatic nitrogens is 4. The van der Waals surface area contributed by atoms with E-state index < -0.39 is 0 Å². The van der Waals surface area contributed by atoms with Crippen molar-refractivity contribution in [1.29, 1.82) is 0 Å². The number of hydrogen-bond donors (Lipinski definition) is 1. The number of aryl methyl sites for hydroxylation is 1. The number of halogens is 1. The van der Waals surface area contributed by atoms with Gasteiger partial charge < -0.3 is 10.2 Å². The molecule has 4 rings (SSSR count). The van der Waals surface area contributed by atoms with Crippen molar-refractivity contribution in [3.8, 4) is 0 Å². The topological polar surface area (TPSA) is 58.9 Å². The zero-order chi connectivity index (χ0) is 19.8. The fourth-order valence-corrected chi connectivity index (χ4v) is 4.47. The third-order valence-corrected chi connectivity index (χ3v) is 5.72. The number of anilines is 2. The van der Waals surface area contributed by atoms with Crippen molar-refractivity contribution in [1.82, 2.24) is 19.7 Å². The molecule has 0 aliphatic carbocycles. The smallest absolute Gasteiger partial charge is 0.228 e. The van der Waals surface area contributed by atoms with Crippen LogP contribution in [0, 0.1) is 12.8 Å². The fraction of sp³-hybridized carbons (Fsp3) is 0.476. The van der Waals surface area contributed by atoms with Crippen LogP contribution in [-0.4, -0.2) is 33.3 Å². The molecule has 1 N–H and O–H groups in total. The normalized spacial score (nSPS) is 17.1. The lowest BCUT2D eigenvalue weighted by molar-refractivity contribution is 0.481. The summed E-state index contributed by atoms with van der Waals surface area (Å²) in [5.41, 5.74) is 3.06. The Morgan fingerprint density at radius 2 is 2.04 bits per heavy atom.